The van der Waals surface area contributed by atoms with Gasteiger partial charge in [0.05, 0.1) is 21.3 Å². The minimum Gasteiger partial charge on any atom is -0.496 e. The average molecular weight is 599 g/mol. The van der Waals surface area contributed by atoms with Crippen LogP contribution in [-0.4, -0.2) is 88.2 Å². The lowest BCUT2D eigenvalue weighted by Gasteiger charge is -2.22. The molecule has 0 spiro atoms. The number of nitrogens with one attached hydrogen (secondary N) is 2. The third kappa shape index (κ3) is 10.4. The summed E-state index contributed by atoms with van der Waals surface area (Å²) in [5.74, 6) is 1.54. The van der Waals surface area contributed by atoms with Gasteiger partial charge in [-0.2, -0.15) is 0 Å². The minimum atomic E-state index is -0.372. The number of aryl methyl sites for hydroxylation is 2. The highest BCUT2D eigenvalue weighted by Gasteiger charge is 2.18. The number of anilines is 2. The molecule has 1 aliphatic heterocycles. The maximum Gasteiger partial charge on any atom is 0.308 e. The van der Waals surface area contributed by atoms with Crippen molar-refractivity contribution in [3.63, 3.8) is 0 Å². The fourth-order valence-corrected chi connectivity index (χ4v) is 5.28. The van der Waals surface area contributed by atoms with E-state index in [1.54, 1.807) is 31.4 Å². The molecule has 2 N–H and O–H groups in total. The first-order valence-electron chi connectivity index (χ1n) is 14.8. The first-order valence-corrected chi connectivity index (χ1v) is 14.8. The van der Waals surface area contributed by atoms with E-state index in [1.165, 1.54) is 21.1 Å². The van der Waals surface area contributed by atoms with Crippen LogP contribution in [0.25, 0.3) is 0 Å². The van der Waals surface area contributed by atoms with Crippen LogP contribution in [-0.2, 0) is 14.4 Å². The lowest BCUT2D eigenvalue weighted by Crippen LogP contribution is -2.32. The molecule has 0 unspecified atom stereocenters. The normalized spacial score (nSPS) is 14.0. The van der Waals surface area contributed by atoms with Crippen molar-refractivity contribution in [2.45, 2.75) is 52.9 Å². The number of benzene rings is 2. The van der Waals surface area contributed by atoms with Crippen LogP contribution in [0.2, 0.25) is 0 Å². The SMILES string of the molecule is COc1cc(OC)c(NC(=O)CCCN2CCCN(CCCC(=O)Nc3c(C)cc(OC(C)=O)cc3C)CC2)c(OC)c1. The van der Waals surface area contributed by atoms with E-state index in [1.807, 2.05) is 13.8 Å². The smallest absolute Gasteiger partial charge is 0.308 e. The van der Waals surface area contributed by atoms with Gasteiger partial charge in [-0.05, 0) is 82.5 Å². The second-order valence-electron chi connectivity index (χ2n) is 10.8. The van der Waals surface area contributed by atoms with E-state index >= 15 is 0 Å². The Kier molecular flexibility index (Phi) is 13.1. The summed E-state index contributed by atoms with van der Waals surface area (Å²) in [7, 11) is 4.64. The Bertz CT molecular complexity index is 1220. The highest BCUT2D eigenvalue weighted by atomic mass is 16.5. The molecule has 0 bridgehead atoms. The zero-order chi connectivity index (χ0) is 31.4. The topological polar surface area (TPSA) is 119 Å². The van der Waals surface area contributed by atoms with E-state index in [0.717, 1.165) is 75.3 Å². The molecular weight excluding hydrogens is 552 g/mol. The van der Waals surface area contributed by atoms with E-state index in [2.05, 4.69) is 20.4 Å². The van der Waals surface area contributed by atoms with Crippen LogP contribution >= 0.6 is 0 Å². The summed E-state index contributed by atoms with van der Waals surface area (Å²) < 4.78 is 21.3. The monoisotopic (exact) mass is 598 g/mol. The van der Waals surface area contributed by atoms with Gasteiger partial charge in [0.15, 0.2) is 0 Å². The molecule has 1 saturated heterocycles. The molecule has 0 radical (unpaired) electrons. The van der Waals surface area contributed by atoms with Crippen molar-refractivity contribution in [3.8, 4) is 23.0 Å². The molecule has 2 aromatic rings. The number of esters is 1. The summed E-state index contributed by atoms with van der Waals surface area (Å²) in [5, 5.41) is 5.95. The number of nitrogens with zero attached hydrogens (tertiary/aromatic N) is 2. The van der Waals surface area contributed by atoms with Gasteiger partial charge in [0.2, 0.25) is 11.8 Å². The van der Waals surface area contributed by atoms with E-state index in [4.69, 9.17) is 18.9 Å². The Morgan fingerprint density at radius 1 is 0.698 bits per heavy atom. The average Bonchev–Trinajstić information content (AvgIpc) is 3.19. The van der Waals surface area contributed by atoms with Crippen molar-refractivity contribution in [1.82, 2.24) is 9.80 Å². The van der Waals surface area contributed by atoms with Crippen LogP contribution < -0.4 is 29.6 Å². The molecule has 0 saturated carbocycles. The summed E-state index contributed by atoms with van der Waals surface area (Å²) >= 11 is 0. The predicted molar refractivity (Wildman–Crippen MR) is 167 cm³/mol. The molecule has 0 aromatic heterocycles. The van der Waals surface area contributed by atoms with Crippen LogP contribution in [0, 0.1) is 13.8 Å². The van der Waals surface area contributed by atoms with Crippen molar-refractivity contribution in [2.75, 3.05) is 71.2 Å². The molecule has 11 heteroatoms. The van der Waals surface area contributed by atoms with Gasteiger partial charge in [-0.15, -0.1) is 0 Å². The molecular formula is C32H46N4O7. The third-order valence-electron chi connectivity index (χ3n) is 7.45. The van der Waals surface area contributed by atoms with Crippen LogP contribution in [0.15, 0.2) is 24.3 Å². The number of hydrogen-bond donors (Lipinski definition) is 2. The number of carbonyl (C=O) groups is 3. The molecule has 1 aliphatic rings. The van der Waals surface area contributed by atoms with Gasteiger partial charge in [0.1, 0.15) is 28.7 Å². The molecule has 3 rings (SSSR count). The van der Waals surface area contributed by atoms with E-state index in [0.29, 0.717) is 41.5 Å². The van der Waals surface area contributed by atoms with Gasteiger partial charge in [0.25, 0.3) is 0 Å². The number of amides is 2. The van der Waals surface area contributed by atoms with Crippen molar-refractivity contribution in [1.29, 1.82) is 0 Å². The van der Waals surface area contributed by atoms with Gasteiger partial charge in [0, 0.05) is 50.7 Å². The second kappa shape index (κ2) is 16.7. The molecule has 0 atom stereocenters. The van der Waals surface area contributed by atoms with Crippen molar-refractivity contribution in [2.24, 2.45) is 0 Å². The minimum absolute atomic E-state index is 0.0222. The predicted octanol–water partition coefficient (Wildman–Crippen LogP) is 4.40. The molecule has 2 aromatic carbocycles. The Balaban J connectivity index is 1.37. The number of carbonyl (C=O) groups excluding carboxylic acids is 3. The highest BCUT2D eigenvalue weighted by Crippen LogP contribution is 2.39. The maximum atomic E-state index is 12.7. The van der Waals surface area contributed by atoms with E-state index in [-0.39, 0.29) is 17.8 Å². The Labute approximate surface area is 254 Å². The largest absolute Gasteiger partial charge is 0.496 e. The van der Waals surface area contributed by atoms with Crippen LogP contribution in [0.3, 0.4) is 0 Å². The molecule has 236 valence electrons. The zero-order valence-electron chi connectivity index (χ0n) is 26.3. The molecule has 1 fully saturated rings. The zero-order valence-corrected chi connectivity index (χ0v) is 26.3. The lowest BCUT2D eigenvalue weighted by molar-refractivity contribution is -0.132. The number of methoxy groups -OCH3 is 3. The Morgan fingerprint density at radius 2 is 1.19 bits per heavy atom. The molecule has 43 heavy (non-hydrogen) atoms. The summed E-state index contributed by atoms with van der Waals surface area (Å²) in [5.41, 5.74) is 2.98. The number of hydrogen-bond acceptors (Lipinski definition) is 9. The fraction of sp³-hybridized carbons (Fsp3) is 0.531. The summed E-state index contributed by atoms with van der Waals surface area (Å²) in [6.45, 7) is 10.7. The van der Waals surface area contributed by atoms with Crippen LogP contribution in [0.4, 0.5) is 11.4 Å². The van der Waals surface area contributed by atoms with Crippen LogP contribution in [0.1, 0.15) is 50.2 Å². The Morgan fingerprint density at radius 3 is 1.63 bits per heavy atom. The standard InChI is InChI=1S/C32H46N4O7/c1-22-18-26(43-24(3)37)19-23(2)31(22)33-29(38)10-7-12-35-14-9-15-36(17-16-35)13-8-11-30(39)34-32-27(41-5)20-25(40-4)21-28(32)42-6/h18-21H,7-17H2,1-6H3,(H,33,38)(H,34,39). The maximum absolute atomic E-state index is 12.7. The summed E-state index contributed by atoms with van der Waals surface area (Å²) in [6.07, 6.45) is 3.38. The third-order valence-corrected chi connectivity index (χ3v) is 7.45. The molecule has 11 nitrogen and oxygen atoms in total. The van der Waals surface area contributed by atoms with Crippen molar-refractivity contribution in [3.05, 3.63) is 35.4 Å². The van der Waals surface area contributed by atoms with Gasteiger partial charge < -0.3 is 39.4 Å². The van der Waals surface area contributed by atoms with Gasteiger partial charge >= 0.3 is 5.97 Å². The number of rotatable bonds is 14. The summed E-state index contributed by atoms with van der Waals surface area (Å²) in [6, 6.07) is 6.94. The van der Waals surface area contributed by atoms with E-state index in [9.17, 15) is 14.4 Å². The highest BCUT2D eigenvalue weighted by molar-refractivity contribution is 5.94. The van der Waals surface area contributed by atoms with Crippen LogP contribution in [0.5, 0.6) is 23.0 Å². The summed E-state index contributed by atoms with van der Waals surface area (Å²) in [4.78, 5) is 41.4. The number of ether oxygens (including phenoxy) is 4. The quantitative estimate of drug-likeness (QED) is 0.241. The molecule has 2 amide bonds. The van der Waals surface area contributed by atoms with Crippen molar-refractivity contribution >= 4 is 29.2 Å². The molecule has 1 heterocycles. The van der Waals surface area contributed by atoms with Crippen molar-refractivity contribution < 1.29 is 33.3 Å². The Hall–Kier alpha value is -3.83. The van der Waals surface area contributed by atoms with Gasteiger partial charge in [-0.3, -0.25) is 14.4 Å². The lowest BCUT2D eigenvalue weighted by atomic mass is 10.1. The first kappa shape index (κ1) is 33.7. The van der Waals surface area contributed by atoms with Gasteiger partial charge in [-0.25, -0.2) is 0 Å². The fourth-order valence-electron chi connectivity index (χ4n) is 5.28. The second-order valence-corrected chi connectivity index (χ2v) is 10.8. The van der Waals surface area contributed by atoms with E-state index < -0.39 is 0 Å². The van der Waals surface area contributed by atoms with Gasteiger partial charge in [-0.1, -0.05) is 0 Å². The molecule has 0 aliphatic carbocycles. The first-order chi connectivity index (χ1) is 20.6.